The van der Waals surface area contributed by atoms with Gasteiger partial charge in [-0.25, -0.2) is 8.42 Å². The second-order valence-electron chi connectivity index (χ2n) is 6.56. The molecule has 0 aliphatic carbocycles. The van der Waals surface area contributed by atoms with Crippen molar-refractivity contribution in [2.75, 3.05) is 0 Å². The van der Waals surface area contributed by atoms with E-state index in [0.29, 0.717) is 10.8 Å². The Morgan fingerprint density at radius 3 is 2.12 bits per heavy atom. The van der Waals surface area contributed by atoms with Gasteiger partial charge in [-0.1, -0.05) is 54.3 Å². The van der Waals surface area contributed by atoms with Crippen molar-refractivity contribution < 1.29 is 31.0 Å². The SMILES string of the molecule is O=S(=O)([O-])c1cccc2cc(S(=O)(=O)O)c(N=Nc3c([O-])ccc4ccccc34)cc12.[Ba+2]. The van der Waals surface area contributed by atoms with Crippen molar-refractivity contribution in [1.29, 1.82) is 0 Å². The molecule has 0 aliphatic heterocycles. The summed E-state index contributed by atoms with van der Waals surface area (Å²) in [7, 11) is -9.67. The smallest absolute Gasteiger partial charge is 0.871 e. The number of rotatable bonds is 4. The molecule has 0 fully saturated rings. The van der Waals surface area contributed by atoms with Crippen LogP contribution in [0.25, 0.3) is 21.5 Å². The molecule has 0 radical (unpaired) electrons. The summed E-state index contributed by atoms with van der Waals surface area (Å²) in [6.07, 6.45) is 0. The summed E-state index contributed by atoms with van der Waals surface area (Å²) in [6.45, 7) is 0. The van der Waals surface area contributed by atoms with Crippen LogP contribution in [0.15, 0.2) is 86.7 Å². The zero-order valence-corrected chi connectivity index (χ0v) is 22.2. The Bertz CT molecular complexity index is 1600. The Kier molecular flexibility index (Phi) is 7.14. The molecule has 4 aromatic rings. The van der Waals surface area contributed by atoms with Gasteiger partial charge in [0.1, 0.15) is 20.7 Å². The maximum absolute atomic E-state index is 12.3. The first-order valence-electron chi connectivity index (χ1n) is 8.66. The van der Waals surface area contributed by atoms with Crippen LogP contribution in [0.1, 0.15) is 0 Å². The van der Waals surface area contributed by atoms with E-state index in [1.807, 2.05) is 0 Å². The zero-order chi connectivity index (χ0) is 22.4. The molecule has 0 amide bonds. The molecule has 0 aromatic heterocycles. The topological polar surface area (TPSA) is 159 Å². The van der Waals surface area contributed by atoms with Crippen LogP contribution >= 0.6 is 0 Å². The quantitative estimate of drug-likeness (QED) is 0.216. The van der Waals surface area contributed by atoms with Gasteiger partial charge < -0.3 is 9.66 Å². The minimum atomic E-state index is -4.88. The second-order valence-corrected chi connectivity index (χ2v) is 9.30. The van der Waals surface area contributed by atoms with Gasteiger partial charge in [0.25, 0.3) is 10.1 Å². The molecule has 1 N–H and O–H groups in total. The van der Waals surface area contributed by atoms with Crippen molar-refractivity contribution in [3.05, 3.63) is 66.7 Å². The Balaban J connectivity index is 0.00000289. The van der Waals surface area contributed by atoms with Gasteiger partial charge in [0.15, 0.2) is 0 Å². The van der Waals surface area contributed by atoms with Crippen molar-refractivity contribution >= 4 is 102 Å². The van der Waals surface area contributed by atoms with Crippen LogP contribution in [0.2, 0.25) is 0 Å². The van der Waals surface area contributed by atoms with Gasteiger partial charge in [-0.2, -0.15) is 13.5 Å². The van der Waals surface area contributed by atoms with Crippen LogP contribution < -0.4 is 5.11 Å². The Hall–Kier alpha value is -1.81. The number of benzene rings is 4. The molecule has 0 unspecified atom stereocenters. The molecule has 0 bridgehead atoms. The fourth-order valence-electron chi connectivity index (χ4n) is 3.21. The summed E-state index contributed by atoms with van der Waals surface area (Å²) in [5.74, 6) is -0.473. The van der Waals surface area contributed by atoms with Crippen LogP contribution in [0.5, 0.6) is 5.75 Å². The number of nitrogens with zero attached hydrogens (tertiary/aromatic N) is 2. The van der Waals surface area contributed by atoms with Gasteiger partial charge in [-0.3, -0.25) is 4.55 Å². The van der Waals surface area contributed by atoms with Gasteiger partial charge >= 0.3 is 48.9 Å². The van der Waals surface area contributed by atoms with E-state index >= 15 is 0 Å². The summed E-state index contributed by atoms with van der Waals surface area (Å²) >= 11 is 0. The second kappa shape index (κ2) is 9.21. The van der Waals surface area contributed by atoms with Gasteiger partial charge in [0.2, 0.25) is 0 Å². The van der Waals surface area contributed by atoms with Crippen LogP contribution in [0.3, 0.4) is 0 Å². The first-order chi connectivity index (χ1) is 14.6. The van der Waals surface area contributed by atoms with E-state index in [-0.39, 0.29) is 65.3 Å². The zero-order valence-electron chi connectivity index (χ0n) is 16.2. The minimum absolute atomic E-state index is 0. The number of azo groups is 1. The molecule has 32 heavy (non-hydrogen) atoms. The average molecular weight is 594 g/mol. The predicted octanol–water partition coefficient (Wildman–Crippen LogP) is 3.25. The molecular formula is C20H12BaN2O7S2. The van der Waals surface area contributed by atoms with Crippen molar-refractivity contribution in [3.63, 3.8) is 0 Å². The molecule has 4 rings (SSSR count). The van der Waals surface area contributed by atoms with Crippen molar-refractivity contribution in [2.45, 2.75) is 9.79 Å². The third-order valence-corrected chi connectivity index (χ3v) is 6.37. The average Bonchev–Trinajstić information content (AvgIpc) is 2.70. The summed E-state index contributed by atoms with van der Waals surface area (Å²) < 4.78 is 68.2. The van der Waals surface area contributed by atoms with E-state index < -0.39 is 41.5 Å². The molecule has 158 valence electrons. The van der Waals surface area contributed by atoms with Gasteiger partial charge in [-0.15, -0.1) is 5.11 Å². The first-order valence-corrected chi connectivity index (χ1v) is 11.5. The predicted molar refractivity (Wildman–Crippen MR) is 115 cm³/mol. The summed E-state index contributed by atoms with van der Waals surface area (Å²) in [5, 5.41) is 21.1. The standard InChI is InChI=1S/C20H14N2O7S2.Ba/c23-17-9-8-12-4-1-2-6-14(12)20(17)22-21-16-11-15-13(10-19(16)31(27,28)29)5-3-7-18(15)30(24,25)26;/h1-11,23H,(H,24,25,26)(H,27,28,29);/q;+2/p-2. The van der Waals surface area contributed by atoms with Crippen LogP contribution in [-0.4, -0.2) is 74.8 Å². The number of hydrogen-bond donors (Lipinski definition) is 1. The molecule has 0 saturated heterocycles. The van der Waals surface area contributed by atoms with E-state index in [4.69, 9.17) is 0 Å². The van der Waals surface area contributed by atoms with Gasteiger partial charge in [0.05, 0.1) is 10.6 Å². The maximum Gasteiger partial charge on any atom is 2.00 e. The van der Waals surface area contributed by atoms with E-state index in [1.54, 1.807) is 30.3 Å². The Morgan fingerprint density at radius 2 is 1.44 bits per heavy atom. The molecule has 0 atom stereocenters. The maximum atomic E-state index is 12.3. The van der Waals surface area contributed by atoms with E-state index in [2.05, 4.69) is 10.2 Å². The van der Waals surface area contributed by atoms with Crippen molar-refractivity contribution in [3.8, 4) is 5.75 Å². The van der Waals surface area contributed by atoms with E-state index in [1.165, 1.54) is 18.2 Å². The fourth-order valence-corrected chi connectivity index (χ4v) is 4.54. The monoisotopic (exact) mass is 594 g/mol. The Morgan fingerprint density at radius 1 is 0.750 bits per heavy atom. The molecule has 0 spiro atoms. The molecule has 12 heteroatoms. The summed E-state index contributed by atoms with van der Waals surface area (Å²) in [5.41, 5.74) is -0.498. The minimum Gasteiger partial charge on any atom is -0.871 e. The van der Waals surface area contributed by atoms with Crippen molar-refractivity contribution in [1.82, 2.24) is 0 Å². The van der Waals surface area contributed by atoms with E-state index in [0.717, 1.165) is 18.2 Å². The summed E-state index contributed by atoms with van der Waals surface area (Å²) in [4.78, 5) is -1.24. The number of hydrogen-bond acceptors (Lipinski definition) is 8. The van der Waals surface area contributed by atoms with Gasteiger partial charge in [0, 0.05) is 10.8 Å². The van der Waals surface area contributed by atoms with Crippen LogP contribution in [0, 0.1) is 0 Å². The molecule has 4 aromatic carbocycles. The molecule has 0 saturated carbocycles. The molecular weight excluding hydrogens is 582 g/mol. The third-order valence-electron chi connectivity index (χ3n) is 4.59. The van der Waals surface area contributed by atoms with Crippen molar-refractivity contribution in [2.24, 2.45) is 10.2 Å². The number of fused-ring (bicyclic) bond motifs is 2. The van der Waals surface area contributed by atoms with Gasteiger partial charge in [-0.05, 0) is 29.0 Å². The fraction of sp³-hybridized carbons (Fsp3) is 0. The molecule has 0 aliphatic rings. The Labute approximate surface area is 223 Å². The summed E-state index contributed by atoms with van der Waals surface area (Å²) in [6, 6.07) is 15.4. The van der Waals surface area contributed by atoms with Crippen LogP contribution in [0.4, 0.5) is 11.4 Å². The van der Waals surface area contributed by atoms with E-state index in [9.17, 15) is 31.0 Å². The third kappa shape index (κ3) is 4.90. The largest absolute Gasteiger partial charge is 2.00 e. The molecule has 9 nitrogen and oxygen atoms in total. The normalized spacial score (nSPS) is 12.3. The first kappa shape index (κ1) is 24.8. The molecule has 0 heterocycles. The van der Waals surface area contributed by atoms with Crippen LogP contribution in [-0.2, 0) is 20.2 Å².